The van der Waals surface area contributed by atoms with E-state index in [-0.39, 0.29) is 30.0 Å². The largest absolute Gasteiger partial charge is 0.462 e. The molecule has 1 aromatic heterocycles. The second-order valence-electron chi connectivity index (χ2n) is 5.67. The van der Waals surface area contributed by atoms with Gasteiger partial charge in [-0.05, 0) is 38.1 Å². The summed E-state index contributed by atoms with van der Waals surface area (Å²) >= 11 is 0. The summed E-state index contributed by atoms with van der Waals surface area (Å²) in [7, 11) is 0. The number of carbonyl (C=O) groups is 2. The van der Waals surface area contributed by atoms with E-state index in [4.69, 9.17) is 15.2 Å². The van der Waals surface area contributed by atoms with Crippen LogP contribution in [0.15, 0.2) is 42.6 Å². The average Bonchev–Trinajstić information content (AvgIpc) is 2.67. The molecule has 0 aliphatic rings. The standard InChI is InChI=1S/C20H19N3O4/c1-3-26-19(24)12-9-13(20(25)27-4-2)18(14(21)10-12)17-11-22-15-7-5-6-8-16(15)23-17/h5-11H,3-4,21H2,1-2H3. The van der Waals surface area contributed by atoms with Gasteiger partial charge in [-0.3, -0.25) is 4.98 Å². The van der Waals surface area contributed by atoms with Crippen LogP contribution in [0.1, 0.15) is 34.6 Å². The monoisotopic (exact) mass is 365 g/mol. The summed E-state index contributed by atoms with van der Waals surface area (Å²) in [4.78, 5) is 33.5. The molecule has 0 fully saturated rings. The van der Waals surface area contributed by atoms with Gasteiger partial charge in [-0.25, -0.2) is 14.6 Å². The molecule has 3 aromatic rings. The smallest absolute Gasteiger partial charge is 0.338 e. The van der Waals surface area contributed by atoms with E-state index in [0.29, 0.717) is 16.8 Å². The van der Waals surface area contributed by atoms with Crippen LogP contribution in [0.2, 0.25) is 0 Å². The highest BCUT2D eigenvalue weighted by Gasteiger charge is 2.22. The highest BCUT2D eigenvalue weighted by atomic mass is 16.5. The van der Waals surface area contributed by atoms with E-state index in [1.165, 1.54) is 12.1 Å². The molecule has 3 rings (SSSR count). The SMILES string of the molecule is CCOC(=O)c1cc(N)c(-c2cnc3ccccc3n2)c(C(=O)OCC)c1. The van der Waals surface area contributed by atoms with Crippen LogP contribution in [0, 0.1) is 0 Å². The molecule has 2 N–H and O–H groups in total. The summed E-state index contributed by atoms with van der Waals surface area (Å²) in [5, 5.41) is 0. The Balaban J connectivity index is 2.19. The van der Waals surface area contributed by atoms with Gasteiger partial charge in [0, 0.05) is 11.3 Å². The third-order valence-corrected chi connectivity index (χ3v) is 3.88. The van der Waals surface area contributed by atoms with Gasteiger partial charge in [0.05, 0.1) is 47.3 Å². The lowest BCUT2D eigenvalue weighted by molar-refractivity contribution is 0.0526. The van der Waals surface area contributed by atoms with Gasteiger partial charge in [0.25, 0.3) is 0 Å². The second kappa shape index (κ2) is 7.82. The quantitative estimate of drug-likeness (QED) is 0.547. The van der Waals surface area contributed by atoms with Gasteiger partial charge in [-0.15, -0.1) is 0 Å². The minimum Gasteiger partial charge on any atom is -0.462 e. The first kappa shape index (κ1) is 18.3. The fourth-order valence-electron chi connectivity index (χ4n) is 2.73. The lowest BCUT2D eigenvalue weighted by Gasteiger charge is -2.14. The van der Waals surface area contributed by atoms with E-state index in [1.54, 1.807) is 20.0 Å². The number of rotatable bonds is 5. The summed E-state index contributed by atoms with van der Waals surface area (Å²) < 4.78 is 10.1. The molecule has 1 heterocycles. The minimum atomic E-state index is -0.597. The van der Waals surface area contributed by atoms with Crippen molar-refractivity contribution >= 4 is 28.7 Å². The Hall–Kier alpha value is -3.48. The van der Waals surface area contributed by atoms with Crippen LogP contribution < -0.4 is 5.73 Å². The predicted molar refractivity (Wildman–Crippen MR) is 101 cm³/mol. The van der Waals surface area contributed by atoms with Crippen molar-refractivity contribution in [2.24, 2.45) is 0 Å². The van der Waals surface area contributed by atoms with Crippen LogP contribution in [0.5, 0.6) is 0 Å². The van der Waals surface area contributed by atoms with Crippen LogP contribution in [0.25, 0.3) is 22.3 Å². The zero-order chi connectivity index (χ0) is 19.4. The third-order valence-electron chi connectivity index (χ3n) is 3.88. The van der Waals surface area contributed by atoms with E-state index in [9.17, 15) is 9.59 Å². The number of esters is 2. The molecular weight excluding hydrogens is 346 g/mol. The molecule has 0 atom stereocenters. The zero-order valence-electron chi connectivity index (χ0n) is 15.1. The van der Waals surface area contributed by atoms with Crippen molar-refractivity contribution in [3.8, 4) is 11.3 Å². The maximum Gasteiger partial charge on any atom is 0.338 e. The minimum absolute atomic E-state index is 0.143. The van der Waals surface area contributed by atoms with Crippen molar-refractivity contribution in [3.05, 3.63) is 53.7 Å². The Morgan fingerprint density at radius 3 is 2.37 bits per heavy atom. The van der Waals surface area contributed by atoms with Gasteiger partial charge in [-0.1, -0.05) is 12.1 Å². The molecule has 0 saturated heterocycles. The van der Waals surface area contributed by atoms with Crippen molar-refractivity contribution in [1.82, 2.24) is 9.97 Å². The number of ether oxygens (including phenoxy) is 2. The van der Waals surface area contributed by atoms with E-state index < -0.39 is 11.9 Å². The number of fused-ring (bicyclic) bond motifs is 1. The molecule has 27 heavy (non-hydrogen) atoms. The number of nitrogens with zero attached hydrogens (tertiary/aromatic N) is 2. The number of carbonyl (C=O) groups excluding carboxylic acids is 2. The molecule has 0 radical (unpaired) electrons. The van der Waals surface area contributed by atoms with Gasteiger partial charge in [0.15, 0.2) is 0 Å². The summed E-state index contributed by atoms with van der Waals surface area (Å²) in [5.74, 6) is -1.16. The molecular formula is C20H19N3O4. The highest BCUT2D eigenvalue weighted by molar-refractivity contribution is 6.04. The van der Waals surface area contributed by atoms with Crippen LogP contribution in [0.3, 0.4) is 0 Å². The molecule has 0 unspecified atom stereocenters. The van der Waals surface area contributed by atoms with Gasteiger partial charge < -0.3 is 15.2 Å². The molecule has 0 aliphatic heterocycles. The Morgan fingerprint density at radius 2 is 1.67 bits per heavy atom. The molecule has 7 nitrogen and oxygen atoms in total. The molecule has 138 valence electrons. The number of nitrogen functional groups attached to an aromatic ring is 1. The van der Waals surface area contributed by atoms with E-state index in [0.717, 1.165) is 5.52 Å². The first-order chi connectivity index (χ1) is 13.0. The Morgan fingerprint density at radius 1 is 1.00 bits per heavy atom. The van der Waals surface area contributed by atoms with Gasteiger partial charge in [0.1, 0.15) is 0 Å². The Bertz CT molecular complexity index is 1020. The average molecular weight is 365 g/mol. The maximum absolute atomic E-state index is 12.5. The molecule has 0 amide bonds. The van der Waals surface area contributed by atoms with Gasteiger partial charge in [-0.2, -0.15) is 0 Å². The van der Waals surface area contributed by atoms with Crippen LogP contribution in [-0.4, -0.2) is 35.1 Å². The number of nitrogens with two attached hydrogens (primary N) is 1. The number of hydrogen-bond donors (Lipinski definition) is 1. The summed E-state index contributed by atoms with van der Waals surface area (Å²) in [6, 6.07) is 10.2. The fraction of sp³-hybridized carbons (Fsp3) is 0.200. The number of anilines is 1. The van der Waals surface area contributed by atoms with Crippen molar-refractivity contribution < 1.29 is 19.1 Å². The van der Waals surface area contributed by atoms with Gasteiger partial charge >= 0.3 is 11.9 Å². The number of hydrogen-bond acceptors (Lipinski definition) is 7. The number of para-hydroxylation sites is 2. The fourth-order valence-corrected chi connectivity index (χ4v) is 2.73. The lowest BCUT2D eigenvalue weighted by Crippen LogP contribution is -2.13. The number of benzene rings is 2. The Labute approximate surface area is 156 Å². The summed E-state index contributed by atoms with van der Waals surface area (Å²) in [6.45, 7) is 3.80. The normalized spacial score (nSPS) is 10.6. The summed E-state index contributed by atoms with van der Waals surface area (Å²) in [6.07, 6.45) is 1.54. The highest BCUT2D eigenvalue weighted by Crippen LogP contribution is 2.31. The predicted octanol–water partition coefficient (Wildman–Crippen LogP) is 3.23. The summed E-state index contributed by atoms with van der Waals surface area (Å²) in [5.41, 5.74) is 8.90. The molecule has 0 spiro atoms. The topological polar surface area (TPSA) is 104 Å². The Kier molecular flexibility index (Phi) is 5.30. The van der Waals surface area contributed by atoms with E-state index in [1.807, 2.05) is 24.3 Å². The van der Waals surface area contributed by atoms with Gasteiger partial charge in [0.2, 0.25) is 0 Å². The lowest BCUT2D eigenvalue weighted by atomic mass is 9.99. The van der Waals surface area contributed by atoms with E-state index >= 15 is 0 Å². The van der Waals surface area contributed by atoms with Crippen LogP contribution in [0.4, 0.5) is 5.69 Å². The molecule has 0 bridgehead atoms. The maximum atomic E-state index is 12.5. The van der Waals surface area contributed by atoms with Crippen molar-refractivity contribution in [1.29, 1.82) is 0 Å². The second-order valence-corrected chi connectivity index (χ2v) is 5.67. The zero-order valence-corrected chi connectivity index (χ0v) is 15.1. The first-order valence-electron chi connectivity index (χ1n) is 8.55. The third kappa shape index (κ3) is 3.72. The number of aromatic nitrogens is 2. The molecule has 0 saturated carbocycles. The van der Waals surface area contributed by atoms with Crippen LogP contribution in [-0.2, 0) is 9.47 Å². The molecule has 2 aromatic carbocycles. The van der Waals surface area contributed by atoms with E-state index in [2.05, 4.69) is 9.97 Å². The van der Waals surface area contributed by atoms with Crippen molar-refractivity contribution in [2.75, 3.05) is 18.9 Å². The van der Waals surface area contributed by atoms with Crippen molar-refractivity contribution in [3.63, 3.8) is 0 Å². The van der Waals surface area contributed by atoms with Crippen LogP contribution >= 0.6 is 0 Å². The molecule has 0 aliphatic carbocycles. The van der Waals surface area contributed by atoms with Crippen molar-refractivity contribution in [2.45, 2.75) is 13.8 Å². The first-order valence-corrected chi connectivity index (χ1v) is 8.55. The molecule has 7 heteroatoms.